The number of nitrogens with two attached hydrogens (primary N) is 1. The maximum Gasteiger partial charge on any atom is 0.326 e. The van der Waals surface area contributed by atoms with E-state index in [2.05, 4.69) is 28.2 Å². The van der Waals surface area contributed by atoms with Crippen LogP contribution in [0.4, 0.5) is 0 Å². The van der Waals surface area contributed by atoms with Crippen LogP contribution in [-0.4, -0.2) is 86.2 Å². The van der Waals surface area contributed by atoms with Gasteiger partial charge in [-0.25, -0.2) is 4.79 Å². The molecule has 3 amide bonds. The number of aliphatic carboxylic acids is 2. The Bertz CT molecular complexity index is 1170. The number of H-pyrrole nitrogens is 1. The van der Waals surface area contributed by atoms with Gasteiger partial charge in [-0.15, -0.1) is 0 Å². The molecule has 4 atom stereocenters. The predicted octanol–water partition coefficient (Wildman–Crippen LogP) is -0.122. The van der Waals surface area contributed by atoms with Crippen molar-refractivity contribution in [1.29, 1.82) is 0 Å². The molecule has 13 heteroatoms. The first kappa shape index (κ1) is 28.0. The van der Waals surface area contributed by atoms with Crippen molar-refractivity contribution in [3.8, 4) is 0 Å². The summed E-state index contributed by atoms with van der Waals surface area (Å²) in [6, 6.07) is 3.03. The third-order valence-corrected chi connectivity index (χ3v) is 6.74. The van der Waals surface area contributed by atoms with Crippen LogP contribution in [0.5, 0.6) is 0 Å². The molecular formula is C24H31N5O7S. The number of rotatable bonds is 12. The zero-order chi connectivity index (χ0) is 27.1. The van der Waals surface area contributed by atoms with Crippen LogP contribution in [0.25, 0.3) is 10.9 Å². The van der Waals surface area contributed by atoms with Crippen LogP contribution in [0.2, 0.25) is 0 Å². The molecule has 1 aromatic heterocycles. The first-order valence-electron chi connectivity index (χ1n) is 11.9. The lowest BCUT2D eigenvalue weighted by Gasteiger charge is -2.28. The molecule has 1 aliphatic heterocycles. The molecule has 0 bridgehead atoms. The number of hydrogen-bond acceptors (Lipinski definition) is 7. The molecule has 1 saturated heterocycles. The summed E-state index contributed by atoms with van der Waals surface area (Å²) in [5, 5.41) is 24.3. The lowest BCUT2D eigenvalue weighted by atomic mass is 10.0. The van der Waals surface area contributed by atoms with Crippen molar-refractivity contribution in [2.45, 2.75) is 56.3 Å². The quantitative estimate of drug-likeness (QED) is 0.183. The largest absolute Gasteiger partial charge is 0.481 e. The minimum atomic E-state index is -1.45. The Balaban J connectivity index is 1.83. The topological polar surface area (TPSA) is 195 Å². The first-order valence-corrected chi connectivity index (χ1v) is 12.5. The van der Waals surface area contributed by atoms with E-state index >= 15 is 0 Å². The van der Waals surface area contributed by atoms with Crippen LogP contribution in [0.15, 0.2) is 30.5 Å². The van der Waals surface area contributed by atoms with E-state index in [0.29, 0.717) is 24.9 Å². The Kier molecular flexibility index (Phi) is 9.53. The van der Waals surface area contributed by atoms with Gasteiger partial charge in [-0.05, 0) is 30.9 Å². The average Bonchev–Trinajstić information content (AvgIpc) is 3.52. The molecule has 0 spiro atoms. The molecule has 0 radical (unpaired) electrons. The lowest BCUT2D eigenvalue weighted by Crippen LogP contribution is -2.57. The molecule has 0 aliphatic carbocycles. The van der Waals surface area contributed by atoms with Crippen molar-refractivity contribution in [1.82, 2.24) is 20.5 Å². The number of nitrogens with zero attached hydrogens (tertiary/aromatic N) is 1. The van der Waals surface area contributed by atoms with Crippen molar-refractivity contribution in [2.24, 2.45) is 5.73 Å². The third-order valence-electron chi connectivity index (χ3n) is 6.35. The van der Waals surface area contributed by atoms with Gasteiger partial charge in [0.15, 0.2) is 0 Å². The number of carboxylic acids is 2. The molecule has 0 saturated carbocycles. The number of aromatic amines is 1. The molecular weight excluding hydrogens is 502 g/mol. The van der Waals surface area contributed by atoms with E-state index in [1.165, 1.54) is 4.90 Å². The molecule has 200 valence electrons. The zero-order valence-corrected chi connectivity index (χ0v) is 20.9. The maximum absolute atomic E-state index is 13.3. The van der Waals surface area contributed by atoms with Gasteiger partial charge in [-0.3, -0.25) is 19.2 Å². The van der Waals surface area contributed by atoms with Crippen LogP contribution >= 0.6 is 12.6 Å². The van der Waals surface area contributed by atoms with Crippen LogP contribution < -0.4 is 16.4 Å². The Hall–Kier alpha value is -3.58. The fourth-order valence-electron chi connectivity index (χ4n) is 4.39. The van der Waals surface area contributed by atoms with Gasteiger partial charge in [0.25, 0.3) is 0 Å². The van der Waals surface area contributed by atoms with Crippen LogP contribution in [0.3, 0.4) is 0 Å². The number of carboxylic acid groups (broad SMARTS) is 2. The highest BCUT2D eigenvalue weighted by atomic mass is 32.1. The molecule has 1 aliphatic rings. The summed E-state index contributed by atoms with van der Waals surface area (Å²) < 4.78 is 0. The minimum Gasteiger partial charge on any atom is -0.481 e. The number of aromatic nitrogens is 1. The Morgan fingerprint density at radius 2 is 1.86 bits per heavy atom. The lowest BCUT2D eigenvalue weighted by molar-refractivity contribution is -0.144. The summed E-state index contributed by atoms with van der Waals surface area (Å²) in [6.45, 7) is 0.341. The second-order valence-corrected chi connectivity index (χ2v) is 9.30. The number of carbonyl (C=O) groups is 5. The van der Waals surface area contributed by atoms with Crippen molar-refractivity contribution >= 4 is 53.2 Å². The molecule has 1 aromatic carbocycles. The molecule has 2 heterocycles. The first-order chi connectivity index (χ1) is 17.6. The molecule has 3 rings (SSSR count). The second-order valence-electron chi connectivity index (χ2n) is 8.94. The summed E-state index contributed by atoms with van der Waals surface area (Å²) in [5.41, 5.74) is 7.35. The highest BCUT2D eigenvalue weighted by Crippen LogP contribution is 2.21. The number of thiol groups is 1. The molecule has 12 nitrogen and oxygen atoms in total. The second kappa shape index (κ2) is 12.6. The Labute approximate surface area is 218 Å². The van der Waals surface area contributed by atoms with E-state index in [9.17, 15) is 29.1 Å². The summed E-state index contributed by atoms with van der Waals surface area (Å²) in [4.78, 5) is 66.2. The van der Waals surface area contributed by atoms with Gasteiger partial charge < -0.3 is 36.5 Å². The van der Waals surface area contributed by atoms with Crippen molar-refractivity contribution < 1.29 is 34.2 Å². The van der Waals surface area contributed by atoms with E-state index in [0.717, 1.165) is 10.9 Å². The number of nitrogens with one attached hydrogen (secondary N) is 3. The summed E-state index contributed by atoms with van der Waals surface area (Å²) >= 11 is 4.05. The SMILES string of the molecule is NC(CS)C(=O)N1CCCC1C(=O)NC(Cc1c[nH]c2ccccc12)C(=O)NC(CCC(=O)O)C(=O)O. The summed E-state index contributed by atoms with van der Waals surface area (Å²) in [6.07, 6.45) is 1.92. The number of benzene rings is 1. The van der Waals surface area contributed by atoms with Crippen molar-refractivity contribution in [2.75, 3.05) is 12.3 Å². The van der Waals surface area contributed by atoms with E-state index in [4.69, 9.17) is 10.8 Å². The Morgan fingerprint density at radius 3 is 2.54 bits per heavy atom. The van der Waals surface area contributed by atoms with E-state index in [-0.39, 0.29) is 18.6 Å². The number of likely N-dealkylation sites (tertiary alicyclic amines) is 1. The molecule has 37 heavy (non-hydrogen) atoms. The monoisotopic (exact) mass is 533 g/mol. The van der Waals surface area contributed by atoms with Gasteiger partial charge in [0.2, 0.25) is 17.7 Å². The fraction of sp³-hybridized carbons (Fsp3) is 0.458. The summed E-state index contributed by atoms with van der Waals surface area (Å²) in [7, 11) is 0. The molecule has 4 unspecified atom stereocenters. The molecule has 7 N–H and O–H groups in total. The third kappa shape index (κ3) is 7.01. The predicted molar refractivity (Wildman–Crippen MR) is 137 cm³/mol. The van der Waals surface area contributed by atoms with Crippen molar-refractivity contribution in [3.63, 3.8) is 0 Å². The van der Waals surface area contributed by atoms with E-state index in [1.807, 2.05) is 24.3 Å². The van der Waals surface area contributed by atoms with Crippen molar-refractivity contribution in [3.05, 3.63) is 36.0 Å². The van der Waals surface area contributed by atoms with Gasteiger partial charge in [0, 0.05) is 42.2 Å². The van der Waals surface area contributed by atoms with Gasteiger partial charge in [-0.2, -0.15) is 12.6 Å². The van der Waals surface area contributed by atoms with Gasteiger partial charge in [0.05, 0.1) is 6.04 Å². The van der Waals surface area contributed by atoms with Crippen LogP contribution in [0, 0.1) is 0 Å². The highest BCUT2D eigenvalue weighted by molar-refractivity contribution is 7.80. The number of hydrogen-bond donors (Lipinski definition) is 7. The number of amides is 3. The van der Waals surface area contributed by atoms with Gasteiger partial charge in [-0.1, -0.05) is 18.2 Å². The summed E-state index contributed by atoms with van der Waals surface area (Å²) in [5.74, 6) is -4.23. The number of para-hydroxylation sites is 1. The average molecular weight is 534 g/mol. The van der Waals surface area contributed by atoms with E-state index in [1.54, 1.807) is 6.20 Å². The normalized spacial score (nSPS) is 17.7. The standard InChI is InChI=1S/C24H31N5O7S/c25-15(12-37)23(34)29-9-3-6-19(29)22(33)28-18(10-13-11-26-16-5-2-1-4-14(13)16)21(32)27-17(24(35)36)7-8-20(30)31/h1-2,4-5,11,15,17-19,26,37H,3,6-10,12,25H2,(H,27,32)(H,28,33)(H,30,31)(H,35,36). The molecule has 2 aromatic rings. The molecule has 1 fully saturated rings. The Morgan fingerprint density at radius 1 is 1.14 bits per heavy atom. The smallest absolute Gasteiger partial charge is 0.326 e. The van der Waals surface area contributed by atoms with Crippen LogP contribution in [0.1, 0.15) is 31.2 Å². The number of fused-ring (bicyclic) bond motifs is 1. The zero-order valence-electron chi connectivity index (χ0n) is 20.1. The maximum atomic E-state index is 13.3. The number of carbonyl (C=O) groups excluding carboxylic acids is 3. The van der Waals surface area contributed by atoms with Crippen LogP contribution in [-0.2, 0) is 30.4 Å². The minimum absolute atomic E-state index is 0.0314. The van der Waals surface area contributed by atoms with Gasteiger partial charge in [0.1, 0.15) is 18.1 Å². The fourth-order valence-corrected chi connectivity index (χ4v) is 4.55. The van der Waals surface area contributed by atoms with E-state index < -0.39 is 60.2 Å². The van der Waals surface area contributed by atoms with Gasteiger partial charge >= 0.3 is 11.9 Å². The highest BCUT2D eigenvalue weighted by Gasteiger charge is 2.38.